The molecule has 0 fully saturated rings. The summed E-state index contributed by atoms with van der Waals surface area (Å²) < 4.78 is 51.1. The number of ketones is 1. The third-order valence-corrected chi connectivity index (χ3v) is 7.32. The Morgan fingerprint density at radius 2 is 1.30 bits per heavy atom. The van der Waals surface area contributed by atoms with E-state index in [0.29, 0.717) is 24.4 Å². The van der Waals surface area contributed by atoms with Gasteiger partial charge >= 0.3 is 12.1 Å². The average Bonchev–Trinajstić information content (AvgIpc) is 3.02. The highest BCUT2D eigenvalue weighted by Crippen LogP contribution is 2.28. The molecule has 3 aromatic rings. The van der Waals surface area contributed by atoms with Crippen molar-refractivity contribution in [3.05, 3.63) is 66.5 Å². The highest BCUT2D eigenvalue weighted by atomic mass is 19.4. The zero-order valence-electron chi connectivity index (χ0n) is 25.7. The molecule has 1 heterocycles. The van der Waals surface area contributed by atoms with Gasteiger partial charge in [-0.25, -0.2) is 14.8 Å². The fraction of sp³-hybridized carbons (Fsp3) is 0.486. The van der Waals surface area contributed by atoms with Crippen molar-refractivity contribution in [1.82, 2.24) is 9.97 Å². The second-order valence-corrected chi connectivity index (χ2v) is 11.0. The quantitative estimate of drug-likeness (QED) is 0.0991. The van der Waals surface area contributed by atoms with Crippen LogP contribution in [0.25, 0.3) is 22.5 Å². The van der Waals surface area contributed by atoms with E-state index in [0.717, 1.165) is 42.6 Å². The first-order valence-electron chi connectivity index (χ1n) is 15.7. The molecule has 0 aliphatic rings. The number of hydrogen-bond donors (Lipinski definition) is 0. The van der Waals surface area contributed by atoms with E-state index >= 15 is 0 Å². The van der Waals surface area contributed by atoms with E-state index in [4.69, 9.17) is 9.47 Å². The summed E-state index contributed by atoms with van der Waals surface area (Å²) in [6.07, 6.45) is 5.64. The van der Waals surface area contributed by atoms with Gasteiger partial charge in [-0.1, -0.05) is 89.5 Å². The number of carbonyl (C=O) groups is 2. The summed E-state index contributed by atoms with van der Waals surface area (Å²) in [6, 6.07) is 13.5. The molecule has 2 aromatic carbocycles. The predicted octanol–water partition coefficient (Wildman–Crippen LogP) is 9.57. The van der Waals surface area contributed by atoms with E-state index in [1.807, 2.05) is 31.2 Å². The van der Waals surface area contributed by atoms with E-state index in [-0.39, 0.29) is 12.0 Å². The molecule has 1 unspecified atom stereocenters. The number of aromatic nitrogens is 2. The Morgan fingerprint density at radius 3 is 1.91 bits per heavy atom. The Balaban J connectivity index is 1.53. The first kappa shape index (κ1) is 34.7. The predicted molar refractivity (Wildman–Crippen MR) is 165 cm³/mol. The van der Waals surface area contributed by atoms with Crippen molar-refractivity contribution in [2.45, 2.75) is 103 Å². The minimum absolute atomic E-state index is 0.0383. The number of hydrogen-bond acceptors (Lipinski definition) is 6. The van der Waals surface area contributed by atoms with Crippen LogP contribution in [0.4, 0.5) is 13.2 Å². The molecule has 238 valence electrons. The topological polar surface area (TPSA) is 78.4 Å². The number of benzene rings is 2. The average molecular weight is 613 g/mol. The Hall–Kier alpha value is -3.75. The molecule has 44 heavy (non-hydrogen) atoms. The fourth-order valence-corrected chi connectivity index (χ4v) is 4.68. The maximum absolute atomic E-state index is 13.5. The van der Waals surface area contributed by atoms with Crippen LogP contribution in [0.3, 0.4) is 0 Å². The molecule has 0 spiro atoms. The number of ether oxygens (including phenoxy) is 2. The fourth-order valence-electron chi connectivity index (χ4n) is 4.68. The van der Waals surface area contributed by atoms with Crippen LogP contribution in [0.5, 0.6) is 5.75 Å². The van der Waals surface area contributed by atoms with E-state index in [2.05, 4.69) is 16.9 Å². The van der Waals surface area contributed by atoms with Crippen LogP contribution in [0.2, 0.25) is 0 Å². The minimum atomic E-state index is -4.84. The minimum Gasteiger partial charge on any atom is -0.494 e. The number of alkyl halides is 3. The number of Topliss-reactive ketones (excluding diaryl/α,β-unsaturated/α-hetero) is 1. The van der Waals surface area contributed by atoms with Gasteiger partial charge in [0.25, 0.3) is 0 Å². The molecule has 0 aliphatic carbocycles. The molecule has 1 atom stereocenters. The molecular weight excluding hydrogens is 569 g/mol. The Bertz CT molecular complexity index is 1280. The van der Waals surface area contributed by atoms with Crippen molar-refractivity contribution in [2.75, 3.05) is 6.61 Å². The van der Waals surface area contributed by atoms with Gasteiger partial charge < -0.3 is 9.47 Å². The number of unbranched alkanes of at least 4 members (excludes halogenated alkanes) is 8. The molecule has 0 radical (unpaired) electrons. The molecule has 9 heteroatoms. The van der Waals surface area contributed by atoms with Crippen LogP contribution >= 0.6 is 0 Å². The maximum Gasteiger partial charge on any atom is 0.425 e. The van der Waals surface area contributed by atoms with Crippen molar-refractivity contribution in [3.8, 4) is 28.3 Å². The van der Waals surface area contributed by atoms with Gasteiger partial charge in [0.05, 0.1) is 18.6 Å². The largest absolute Gasteiger partial charge is 0.494 e. The second-order valence-electron chi connectivity index (χ2n) is 11.0. The van der Waals surface area contributed by atoms with Crippen LogP contribution in [-0.2, 0) is 9.53 Å². The summed E-state index contributed by atoms with van der Waals surface area (Å²) in [4.78, 5) is 33.4. The van der Waals surface area contributed by atoms with Gasteiger partial charge in [0, 0.05) is 29.9 Å². The van der Waals surface area contributed by atoms with Gasteiger partial charge in [-0.2, -0.15) is 13.2 Å². The maximum atomic E-state index is 13.5. The summed E-state index contributed by atoms with van der Waals surface area (Å²) in [7, 11) is 0. The monoisotopic (exact) mass is 612 g/mol. The van der Waals surface area contributed by atoms with Crippen LogP contribution in [0, 0.1) is 0 Å². The van der Waals surface area contributed by atoms with Crippen molar-refractivity contribution in [2.24, 2.45) is 0 Å². The van der Waals surface area contributed by atoms with Crippen LogP contribution in [0.1, 0.15) is 101 Å². The Kier molecular flexibility index (Phi) is 14.3. The normalized spacial score (nSPS) is 12.1. The van der Waals surface area contributed by atoms with Crippen LogP contribution in [0.15, 0.2) is 60.9 Å². The number of rotatable bonds is 19. The van der Waals surface area contributed by atoms with E-state index in [9.17, 15) is 22.8 Å². The zero-order chi connectivity index (χ0) is 31.8. The molecule has 6 nitrogen and oxygen atoms in total. The third kappa shape index (κ3) is 11.7. The molecule has 1 aromatic heterocycles. The summed E-state index contributed by atoms with van der Waals surface area (Å²) in [5.41, 5.74) is 2.27. The highest BCUT2D eigenvalue weighted by Gasteiger charge is 2.44. The summed E-state index contributed by atoms with van der Waals surface area (Å²) in [6.45, 7) is 4.91. The molecule has 0 saturated carbocycles. The lowest BCUT2D eigenvalue weighted by molar-refractivity contribution is -0.206. The summed E-state index contributed by atoms with van der Waals surface area (Å²) in [5.74, 6) is -0.503. The van der Waals surface area contributed by atoms with Crippen LogP contribution < -0.4 is 4.74 Å². The number of nitrogens with zero attached hydrogens (tertiary/aromatic N) is 2. The molecule has 3 rings (SSSR count). The molecule has 0 bridgehead atoms. The lowest BCUT2D eigenvalue weighted by Gasteiger charge is -2.20. The standard InChI is InChI=1S/C35H43F3N2O4/c1-3-5-7-9-10-12-22-43-31-20-18-26(19-21-31)29-24-39-33(40-25-29)27-14-16-28(17-15-27)34(42)44-32(35(36,37)38)23-30(41)13-11-8-6-4-2/h14-21,24-25,32H,3-13,22-23H2,1-2H3. The smallest absolute Gasteiger partial charge is 0.425 e. The van der Waals surface area contributed by atoms with Gasteiger partial charge in [-0.05, 0) is 42.7 Å². The lowest BCUT2D eigenvalue weighted by atomic mass is 10.1. The number of esters is 1. The van der Waals surface area contributed by atoms with Gasteiger partial charge in [-0.3, -0.25) is 4.79 Å². The van der Waals surface area contributed by atoms with Gasteiger partial charge in [0.15, 0.2) is 5.82 Å². The second kappa shape index (κ2) is 18.1. The number of carbonyl (C=O) groups excluding carboxylic acids is 2. The first-order valence-corrected chi connectivity index (χ1v) is 15.7. The van der Waals surface area contributed by atoms with E-state index < -0.39 is 30.5 Å². The highest BCUT2D eigenvalue weighted by molar-refractivity contribution is 5.90. The van der Waals surface area contributed by atoms with Gasteiger partial charge in [0.2, 0.25) is 6.10 Å². The van der Waals surface area contributed by atoms with E-state index in [1.54, 1.807) is 24.5 Å². The SMILES string of the molecule is CCCCCCCCOc1ccc(-c2cnc(-c3ccc(C(=O)OC(CC(=O)CCCCCC)C(F)(F)F)cc3)nc2)cc1. The summed E-state index contributed by atoms with van der Waals surface area (Å²) in [5, 5.41) is 0. The molecule has 0 saturated heterocycles. The van der Waals surface area contributed by atoms with Crippen molar-refractivity contribution >= 4 is 11.8 Å². The lowest BCUT2D eigenvalue weighted by Crippen LogP contribution is -2.35. The number of halogens is 3. The first-order chi connectivity index (χ1) is 21.2. The van der Waals surface area contributed by atoms with Crippen LogP contribution in [-0.4, -0.2) is 40.6 Å². The molecule has 0 N–H and O–H groups in total. The van der Waals surface area contributed by atoms with E-state index in [1.165, 1.54) is 44.2 Å². The zero-order valence-corrected chi connectivity index (χ0v) is 25.7. The van der Waals surface area contributed by atoms with Crippen molar-refractivity contribution in [1.29, 1.82) is 0 Å². The molecular formula is C35H43F3N2O4. The van der Waals surface area contributed by atoms with Gasteiger partial charge in [0.1, 0.15) is 11.5 Å². The Labute approximate surface area is 258 Å². The van der Waals surface area contributed by atoms with Gasteiger partial charge in [-0.15, -0.1) is 0 Å². The molecule has 0 amide bonds. The third-order valence-electron chi connectivity index (χ3n) is 7.32. The molecule has 0 aliphatic heterocycles. The Morgan fingerprint density at radius 1 is 0.727 bits per heavy atom. The van der Waals surface area contributed by atoms with Crippen molar-refractivity contribution in [3.63, 3.8) is 0 Å². The van der Waals surface area contributed by atoms with Crippen molar-refractivity contribution < 1.29 is 32.2 Å². The summed E-state index contributed by atoms with van der Waals surface area (Å²) >= 11 is 0.